The van der Waals surface area contributed by atoms with Gasteiger partial charge >= 0.3 is 0 Å². The fourth-order valence-corrected chi connectivity index (χ4v) is 1.54. The molecule has 0 aromatic carbocycles. The van der Waals surface area contributed by atoms with Crippen LogP contribution in [0.5, 0.6) is 0 Å². The highest BCUT2D eigenvalue weighted by molar-refractivity contribution is 6.50. The molecule has 0 aliphatic heterocycles. The van der Waals surface area contributed by atoms with Crippen molar-refractivity contribution < 1.29 is 0 Å². The van der Waals surface area contributed by atoms with Gasteiger partial charge in [-0.25, -0.2) is 0 Å². The third-order valence-corrected chi connectivity index (χ3v) is 2.64. The summed E-state index contributed by atoms with van der Waals surface area (Å²) in [4.78, 5) is 0. The summed E-state index contributed by atoms with van der Waals surface area (Å²) < 4.78 is -0.394. The highest BCUT2D eigenvalue weighted by Crippen LogP contribution is 2.55. The van der Waals surface area contributed by atoms with Gasteiger partial charge in [-0.1, -0.05) is 0 Å². The van der Waals surface area contributed by atoms with Crippen LogP contribution < -0.4 is 5.73 Å². The molecule has 1 atom stereocenters. The molecule has 0 amide bonds. The predicted molar refractivity (Wildman–Crippen MR) is 40.8 cm³/mol. The van der Waals surface area contributed by atoms with Gasteiger partial charge < -0.3 is 5.73 Å². The molecular formula is C6H11Cl2N. The smallest absolute Gasteiger partial charge is 0.121 e. The number of hydrogen-bond donors (Lipinski definition) is 1. The lowest BCUT2D eigenvalue weighted by Gasteiger charge is -1.96. The molecule has 2 N–H and O–H groups in total. The second-order valence-corrected chi connectivity index (χ2v) is 4.14. The Kier molecular flexibility index (Phi) is 2.25. The topological polar surface area (TPSA) is 26.0 Å². The molecule has 1 saturated carbocycles. The zero-order valence-corrected chi connectivity index (χ0v) is 6.75. The molecule has 0 heterocycles. The van der Waals surface area contributed by atoms with Crippen molar-refractivity contribution in [1.29, 1.82) is 0 Å². The van der Waals surface area contributed by atoms with Gasteiger partial charge in [-0.05, 0) is 31.7 Å². The van der Waals surface area contributed by atoms with E-state index in [4.69, 9.17) is 28.9 Å². The summed E-state index contributed by atoms with van der Waals surface area (Å²) >= 11 is 11.5. The molecule has 1 aliphatic rings. The SMILES string of the molecule is NCCCC1CC1(Cl)Cl. The molecule has 0 bridgehead atoms. The van der Waals surface area contributed by atoms with Crippen molar-refractivity contribution in [3.8, 4) is 0 Å². The minimum absolute atomic E-state index is 0.394. The average molecular weight is 168 g/mol. The second-order valence-electron chi connectivity index (χ2n) is 2.59. The Morgan fingerprint density at radius 2 is 2.11 bits per heavy atom. The quantitative estimate of drug-likeness (QED) is 0.640. The summed E-state index contributed by atoms with van der Waals surface area (Å²) in [7, 11) is 0. The first-order chi connectivity index (χ1) is 4.17. The van der Waals surface area contributed by atoms with E-state index in [0.29, 0.717) is 5.92 Å². The van der Waals surface area contributed by atoms with Crippen molar-refractivity contribution in [2.45, 2.75) is 23.6 Å². The Morgan fingerprint density at radius 1 is 1.56 bits per heavy atom. The maximum atomic E-state index is 5.77. The highest BCUT2D eigenvalue weighted by atomic mass is 35.5. The third kappa shape index (κ3) is 1.99. The lowest BCUT2D eigenvalue weighted by atomic mass is 10.2. The summed E-state index contributed by atoms with van der Waals surface area (Å²) in [6.45, 7) is 0.750. The molecule has 3 heteroatoms. The van der Waals surface area contributed by atoms with Gasteiger partial charge in [0.25, 0.3) is 0 Å². The van der Waals surface area contributed by atoms with Crippen molar-refractivity contribution in [3.05, 3.63) is 0 Å². The summed E-state index contributed by atoms with van der Waals surface area (Å²) in [5, 5.41) is 0. The molecule has 0 saturated heterocycles. The summed E-state index contributed by atoms with van der Waals surface area (Å²) in [5.74, 6) is 0.518. The van der Waals surface area contributed by atoms with E-state index in [-0.39, 0.29) is 0 Å². The fraction of sp³-hybridized carbons (Fsp3) is 1.00. The number of alkyl halides is 2. The van der Waals surface area contributed by atoms with E-state index < -0.39 is 4.33 Å². The highest BCUT2D eigenvalue weighted by Gasteiger charge is 2.50. The third-order valence-electron chi connectivity index (χ3n) is 1.71. The molecule has 1 fully saturated rings. The Bertz CT molecular complexity index is 103. The first-order valence-electron chi connectivity index (χ1n) is 3.24. The second kappa shape index (κ2) is 2.65. The minimum Gasteiger partial charge on any atom is -0.330 e. The predicted octanol–water partition coefficient (Wildman–Crippen LogP) is 1.92. The minimum atomic E-state index is -0.394. The molecule has 54 valence electrons. The normalized spacial score (nSPS) is 30.3. The van der Waals surface area contributed by atoms with Crippen LogP contribution in [0.2, 0.25) is 0 Å². The molecule has 9 heavy (non-hydrogen) atoms. The van der Waals surface area contributed by atoms with Gasteiger partial charge in [0, 0.05) is 0 Å². The Hall–Kier alpha value is 0.540. The zero-order valence-electron chi connectivity index (χ0n) is 5.24. The fourth-order valence-electron chi connectivity index (χ4n) is 0.947. The van der Waals surface area contributed by atoms with Gasteiger partial charge in [0.1, 0.15) is 4.33 Å². The van der Waals surface area contributed by atoms with Crippen LogP contribution in [-0.4, -0.2) is 10.9 Å². The van der Waals surface area contributed by atoms with Crippen molar-refractivity contribution in [2.75, 3.05) is 6.54 Å². The van der Waals surface area contributed by atoms with E-state index in [1.165, 1.54) is 0 Å². The average Bonchev–Trinajstić information content (AvgIpc) is 2.35. The Balaban J connectivity index is 2.06. The van der Waals surface area contributed by atoms with Gasteiger partial charge in [0.15, 0.2) is 0 Å². The molecule has 0 radical (unpaired) electrons. The van der Waals surface area contributed by atoms with Crippen LogP contribution in [0.1, 0.15) is 19.3 Å². The van der Waals surface area contributed by atoms with Crippen LogP contribution in [0.15, 0.2) is 0 Å². The van der Waals surface area contributed by atoms with E-state index in [0.717, 1.165) is 25.8 Å². The largest absolute Gasteiger partial charge is 0.330 e. The Labute approximate surface area is 65.5 Å². The lowest BCUT2D eigenvalue weighted by molar-refractivity contribution is 0.669. The Morgan fingerprint density at radius 3 is 2.44 bits per heavy atom. The lowest BCUT2D eigenvalue weighted by Crippen LogP contribution is -2.00. The molecule has 1 nitrogen and oxygen atoms in total. The van der Waals surface area contributed by atoms with Crippen LogP contribution >= 0.6 is 23.2 Å². The van der Waals surface area contributed by atoms with Gasteiger partial charge in [-0.15, -0.1) is 23.2 Å². The number of hydrogen-bond acceptors (Lipinski definition) is 1. The monoisotopic (exact) mass is 167 g/mol. The van der Waals surface area contributed by atoms with E-state index in [1.807, 2.05) is 0 Å². The van der Waals surface area contributed by atoms with Gasteiger partial charge in [-0.2, -0.15) is 0 Å². The van der Waals surface area contributed by atoms with Crippen molar-refractivity contribution in [3.63, 3.8) is 0 Å². The maximum Gasteiger partial charge on any atom is 0.121 e. The van der Waals surface area contributed by atoms with Crippen LogP contribution in [0.3, 0.4) is 0 Å². The number of rotatable bonds is 3. The van der Waals surface area contributed by atoms with Gasteiger partial charge in [0.05, 0.1) is 0 Å². The first-order valence-corrected chi connectivity index (χ1v) is 4.00. The number of halogens is 2. The summed E-state index contributed by atoms with van der Waals surface area (Å²) in [5.41, 5.74) is 5.31. The van der Waals surface area contributed by atoms with Crippen LogP contribution in [0.4, 0.5) is 0 Å². The number of nitrogens with two attached hydrogens (primary N) is 1. The van der Waals surface area contributed by atoms with Crippen molar-refractivity contribution in [2.24, 2.45) is 11.7 Å². The van der Waals surface area contributed by atoms with E-state index in [9.17, 15) is 0 Å². The molecule has 1 unspecified atom stereocenters. The van der Waals surface area contributed by atoms with E-state index >= 15 is 0 Å². The van der Waals surface area contributed by atoms with Crippen molar-refractivity contribution >= 4 is 23.2 Å². The summed E-state index contributed by atoms with van der Waals surface area (Å²) in [6.07, 6.45) is 3.09. The molecular weight excluding hydrogens is 157 g/mol. The first kappa shape index (κ1) is 7.64. The van der Waals surface area contributed by atoms with E-state index in [2.05, 4.69) is 0 Å². The van der Waals surface area contributed by atoms with E-state index in [1.54, 1.807) is 0 Å². The molecule has 1 aliphatic carbocycles. The summed E-state index contributed by atoms with van der Waals surface area (Å²) in [6, 6.07) is 0. The molecule has 0 spiro atoms. The van der Waals surface area contributed by atoms with Crippen LogP contribution in [0.25, 0.3) is 0 Å². The maximum absolute atomic E-state index is 5.77. The molecule has 1 rings (SSSR count). The van der Waals surface area contributed by atoms with Crippen LogP contribution in [-0.2, 0) is 0 Å². The molecule has 0 aromatic heterocycles. The standard InChI is InChI=1S/C6H11Cl2N/c7-6(8)4-5(6)2-1-3-9/h5H,1-4,9H2. The van der Waals surface area contributed by atoms with Crippen LogP contribution in [0, 0.1) is 5.92 Å². The van der Waals surface area contributed by atoms with Gasteiger partial charge in [-0.3, -0.25) is 0 Å². The van der Waals surface area contributed by atoms with Crippen molar-refractivity contribution in [1.82, 2.24) is 0 Å². The zero-order chi connectivity index (χ0) is 6.91. The van der Waals surface area contributed by atoms with Gasteiger partial charge in [0.2, 0.25) is 0 Å². The molecule has 0 aromatic rings.